The van der Waals surface area contributed by atoms with Crippen LogP contribution in [0.2, 0.25) is 5.02 Å². The van der Waals surface area contributed by atoms with Gasteiger partial charge in [0.1, 0.15) is 21.7 Å². The second-order valence-electron chi connectivity index (χ2n) is 16.0. The molecule has 0 radical (unpaired) electrons. The highest BCUT2D eigenvalue weighted by Gasteiger charge is 2.34. The monoisotopic (exact) mass is 1000 g/mol. The minimum atomic E-state index is -3.58. The van der Waals surface area contributed by atoms with E-state index in [1.165, 1.54) is 22.4 Å². The number of benzene rings is 4. The van der Waals surface area contributed by atoms with Gasteiger partial charge in [0.05, 0.1) is 71.5 Å². The number of hydrogen-bond donors (Lipinski definition) is 3. The number of ether oxygens (including phenoxy) is 3. The number of thiazole rings is 1. The number of nitrogens with one attached hydrogen (secondary N) is 3. The maximum Gasteiger partial charge on any atom is 0.250 e. The van der Waals surface area contributed by atoms with Gasteiger partial charge in [-0.2, -0.15) is 4.98 Å². The van der Waals surface area contributed by atoms with Gasteiger partial charge in [0.2, 0.25) is 17.8 Å². The minimum Gasteiger partial charge on any atom is -0.494 e. The molecule has 16 nitrogen and oxygen atoms in total. The first-order valence-electron chi connectivity index (χ1n) is 22.2. The summed E-state index contributed by atoms with van der Waals surface area (Å²) in [4.78, 5) is 46.9. The smallest absolute Gasteiger partial charge is 0.250 e. The van der Waals surface area contributed by atoms with Gasteiger partial charge in [-0.15, -0.1) is 22.9 Å². The number of anilines is 5. The lowest BCUT2D eigenvalue weighted by molar-refractivity contribution is -0.140. The molecule has 0 spiro atoms. The molecule has 20 heteroatoms. The first kappa shape index (κ1) is 50.3. The third-order valence-electron chi connectivity index (χ3n) is 11.2. The van der Waals surface area contributed by atoms with Gasteiger partial charge in [0.25, 0.3) is 0 Å². The van der Waals surface area contributed by atoms with Crippen LogP contribution >= 0.6 is 34.5 Å². The molecular formula is C48H55Cl2N9O7S2. The molecule has 68 heavy (non-hydrogen) atoms. The molecule has 3 N–H and O–H groups in total. The van der Waals surface area contributed by atoms with Crippen LogP contribution in [0.3, 0.4) is 0 Å². The molecule has 0 bridgehead atoms. The van der Waals surface area contributed by atoms with Crippen molar-refractivity contribution in [3.8, 4) is 5.75 Å². The molecule has 1 aliphatic heterocycles. The van der Waals surface area contributed by atoms with E-state index in [0.29, 0.717) is 48.5 Å². The maximum absolute atomic E-state index is 13.8. The van der Waals surface area contributed by atoms with Crippen molar-refractivity contribution in [2.75, 3.05) is 94.2 Å². The zero-order valence-electron chi connectivity index (χ0n) is 38.1. The number of piperazine rings is 1. The highest BCUT2D eigenvalue weighted by molar-refractivity contribution is 7.92. The largest absolute Gasteiger partial charge is 0.494 e. The highest BCUT2D eigenvalue weighted by Crippen LogP contribution is 2.35. The number of sulfone groups is 1. The number of amides is 2. The van der Waals surface area contributed by atoms with Crippen molar-refractivity contribution in [3.63, 3.8) is 0 Å². The number of carbonyl (C=O) groups excluding carboxylic acids is 2. The molecule has 6 aromatic rings. The van der Waals surface area contributed by atoms with Crippen LogP contribution < -0.4 is 25.6 Å². The Balaban J connectivity index is 0.854. The normalized spacial score (nSPS) is 13.6. The van der Waals surface area contributed by atoms with Gasteiger partial charge in [0, 0.05) is 57.6 Å². The van der Waals surface area contributed by atoms with E-state index in [0.717, 1.165) is 54.2 Å². The molecule has 2 aromatic heterocycles. The van der Waals surface area contributed by atoms with Crippen molar-refractivity contribution in [2.45, 2.75) is 36.6 Å². The summed E-state index contributed by atoms with van der Waals surface area (Å²) in [6.07, 6.45) is 1.45. The lowest BCUT2D eigenvalue weighted by atomic mass is 10.2. The Morgan fingerprint density at radius 1 is 0.853 bits per heavy atom. The predicted molar refractivity (Wildman–Crippen MR) is 269 cm³/mol. The number of carbonyl (C=O) groups is 2. The SMILES string of the molecule is COc1cc(N2CCN(CCOCCOCCN(C(=O)CCl)C(C(=O)NCc3ccccc3)c3nc4ccccc4s3)CC2)ccc1Nc1ncc(Cl)c(Nc2ccccc2S(=O)(=O)C(C)C)n1. The summed E-state index contributed by atoms with van der Waals surface area (Å²) in [6.45, 7) is 9.18. The summed E-state index contributed by atoms with van der Waals surface area (Å²) < 4.78 is 44.6. The number of fused-ring (bicyclic) bond motifs is 1. The number of nitrogens with zero attached hydrogens (tertiary/aromatic N) is 6. The average Bonchev–Trinajstić information content (AvgIpc) is 3.79. The fourth-order valence-electron chi connectivity index (χ4n) is 7.47. The molecule has 2 amide bonds. The molecule has 1 saturated heterocycles. The zero-order chi connectivity index (χ0) is 48.0. The van der Waals surface area contributed by atoms with Crippen LogP contribution in [-0.2, 0) is 35.4 Å². The number of aromatic nitrogens is 3. The summed E-state index contributed by atoms with van der Waals surface area (Å²) >= 11 is 13.9. The topological polar surface area (TPSA) is 180 Å². The quantitative estimate of drug-likeness (QED) is 0.0420. The first-order valence-corrected chi connectivity index (χ1v) is 25.5. The number of methoxy groups -OCH3 is 1. The Bertz CT molecular complexity index is 2710. The summed E-state index contributed by atoms with van der Waals surface area (Å²) in [5, 5.41) is 9.40. The van der Waals surface area contributed by atoms with Crippen LogP contribution in [0.5, 0.6) is 5.75 Å². The summed E-state index contributed by atoms with van der Waals surface area (Å²) in [7, 11) is -1.98. The number of para-hydroxylation sites is 2. The summed E-state index contributed by atoms with van der Waals surface area (Å²) in [5.41, 5.74) is 3.70. The van der Waals surface area contributed by atoms with E-state index in [-0.39, 0.29) is 46.6 Å². The van der Waals surface area contributed by atoms with E-state index in [1.54, 1.807) is 45.2 Å². The third-order valence-corrected chi connectivity index (χ3v) is 15.0. The molecule has 1 unspecified atom stereocenters. The van der Waals surface area contributed by atoms with Crippen molar-refractivity contribution in [1.82, 2.24) is 30.1 Å². The molecular weight excluding hydrogens is 950 g/mol. The van der Waals surface area contributed by atoms with Crippen molar-refractivity contribution in [3.05, 3.63) is 119 Å². The molecule has 1 fully saturated rings. The maximum atomic E-state index is 13.8. The second kappa shape index (κ2) is 24.1. The Hall–Kier alpha value is -5.60. The van der Waals surface area contributed by atoms with Gasteiger partial charge < -0.3 is 40.0 Å². The van der Waals surface area contributed by atoms with E-state index in [4.69, 9.17) is 42.4 Å². The number of alkyl halides is 1. The van der Waals surface area contributed by atoms with Gasteiger partial charge in [-0.3, -0.25) is 14.5 Å². The van der Waals surface area contributed by atoms with E-state index in [9.17, 15) is 18.0 Å². The van der Waals surface area contributed by atoms with Crippen molar-refractivity contribution in [2.24, 2.45) is 0 Å². The second-order valence-corrected chi connectivity index (χ2v) is 20.2. The molecule has 1 aliphatic rings. The van der Waals surface area contributed by atoms with E-state index in [2.05, 4.69) is 35.7 Å². The Kier molecular flexibility index (Phi) is 17.8. The molecule has 360 valence electrons. The predicted octanol–water partition coefficient (Wildman–Crippen LogP) is 7.70. The molecule has 0 aliphatic carbocycles. The van der Waals surface area contributed by atoms with Crippen molar-refractivity contribution >= 4 is 95.2 Å². The molecule has 4 aromatic carbocycles. The van der Waals surface area contributed by atoms with Gasteiger partial charge in [-0.25, -0.2) is 18.4 Å². The average molecular weight is 1010 g/mol. The van der Waals surface area contributed by atoms with E-state index >= 15 is 0 Å². The van der Waals surface area contributed by atoms with E-state index < -0.39 is 27.0 Å². The molecule has 3 heterocycles. The number of rotatable bonds is 23. The minimum absolute atomic E-state index is 0.140. The fourth-order valence-corrected chi connectivity index (χ4v) is 10.0. The lowest BCUT2D eigenvalue weighted by Gasteiger charge is -2.36. The summed E-state index contributed by atoms with van der Waals surface area (Å²) in [6, 6.07) is 28.8. The Labute approximate surface area is 410 Å². The summed E-state index contributed by atoms with van der Waals surface area (Å²) in [5.74, 6) is 0.0492. The van der Waals surface area contributed by atoms with Crippen LogP contribution in [0.4, 0.5) is 28.8 Å². The number of halogens is 2. The van der Waals surface area contributed by atoms with E-state index in [1.807, 2.05) is 72.8 Å². The third kappa shape index (κ3) is 12.9. The van der Waals surface area contributed by atoms with Crippen LogP contribution in [-0.4, -0.2) is 129 Å². The van der Waals surface area contributed by atoms with Crippen molar-refractivity contribution < 1.29 is 32.2 Å². The van der Waals surface area contributed by atoms with Crippen LogP contribution in [0.15, 0.2) is 108 Å². The fraction of sp³-hybridized carbons (Fsp3) is 0.354. The highest BCUT2D eigenvalue weighted by atomic mass is 35.5. The molecule has 7 rings (SSSR count). The van der Waals surface area contributed by atoms with Gasteiger partial charge >= 0.3 is 0 Å². The van der Waals surface area contributed by atoms with Gasteiger partial charge in [-0.05, 0) is 55.8 Å². The zero-order valence-corrected chi connectivity index (χ0v) is 41.2. The Morgan fingerprint density at radius 3 is 2.31 bits per heavy atom. The van der Waals surface area contributed by atoms with Crippen LogP contribution in [0, 0.1) is 0 Å². The lowest BCUT2D eigenvalue weighted by Crippen LogP contribution is -2.47. The van der Waals surface area contributed by atoms with Gasteiger partial charge in [0.15, 0.2) is 21.7 Å². The van der Waals surface area contributed by atoms with Crippen LogP contribution in [0.1, 0.15) is 30.5 Å². The standard InChI is InChI=1S/C48H55Cl2N9O7S2/c1-33(2)68(62,63)42-16-10-8-14-39(42)53-45-36(50)32-52-48(56-45)55-37-18-17-35(29-40(37)64-3)58-21-19-57(20-22-58)23-25-65-27-28-66-26-24-59(43(60)30-49)44(46(61)51-31-34-11-5-4-6-12-34)47-54-38-13-7-9-15-41(38)67-47/h4-18,29,32-33,44H,19-28,30-31H2,1-3H3,(H,51,61)(H2,52,53,55,56). The molecule has 1 atom stereocenters. The number of hydrogen-bond acceptors (Lipinski definition) is 15. The van der Waals surface area contributed by atoms with Crippen molar-refractivity contribution in [1.29, 1.82) is 0 Å². The molecule has 0 saturated carbocycles. The van der Waals surface area contributed by atoms with Crippen LogP contribution in [0.25, 0.3) is 10.2 Å². The Morgan fingerprint density at radius 2 is 1.57 bits per heavy atom. The first-order chi connectivity index (χ1) is 32.9. The van der Waals surface area contributed by atoms with Gasteiger partial charge in [-0.1, -0.05) is 66.2 Å².